The highest BCUT2D eigenvalue weighted by molar-refractivity contribution is 5.95. The predicted molar refractivity (Wildman–Crippen MR) is 137 cm³/mol. The molecule has 9 N–H and O–H groups in total. The largest absolute Gasteiger partial charge is 0.481 e. The molecule has 0 aliphatic heterocycles. The van der Waals surface area contributed by atoms with Crippen molar-refractivity contribution >= 4 is 41.5 Å². The van der Waals surface area contributed by atoms with Crippen LogP contribution in [-0.4, -0.2) is 87.1 Å². The van der Waals surface area contributed by atoms with Gasteiger partial charge in [0, 0.05) is 12.8 Å². The Labute approximate surface area is 226 Å². The van der Waals surface area contributed by atoms with Gasteiger partial charge < -0.3 is 42.3 Å². The Morgan fingerprint density at radius 1 is 0.667 bits per heavy atom. The van der Waals surface area contributed by atoms with Crippen molar-refractivity contribution in [1.29, 1.82) is 0 Å². The summed E-state index contributed by atoms with van der Waals surface area (Å²) < 4.78 is 0. The van der Waals surface area contributed by atoms with E-state index in [0.29, 0.717) is 6.42 Å². The zero-order valence-electron chi connectivity index (χ0n) is 22.9. The van der Waals surface area contributed by atoms with Gasteiger partial charge in [-0.25, -0.2) is 4.79 Å². The summed E-state index contributed by atoms with van der Waals surface area (Å²) in [5.41, 5.74) is 5.76. The smallest absolute Gasteiger partial charge is 0.326 e. The van der Waals surface area contributed by atoms with Gasteiger partial charge in [-0.1, -0.05) is 34.1 Å². The van der Waals surface area contributed by atoms with Gasteiger partial charge in [0.05, 0.1) is 6.04 Å². The minimum Gasteiger partial charge on any atom is -0.481 e. The summed E-state index contributed by atoms with van der Waals surface area (Å²) in [6, 6.07) is -6.33. The van der Waals surface area contributed by atoms with E-state index in [1.165, 1.54) is 6.92 Å². The van der Waals surface area contributed by atoms with Crippen molar-refractivity contribution < 1.29 is 48.9 Å². The van der Waals surface area contributed by atoms with Crippen LogP contribution in [-0.2, 0) is 33.6 Å². The number of nitrogens with one attached hydrogen (secondary N) is 4. The van der Waals surface area contributed by atoms with E-state index in [4.69, 9.17) is 15.9 Å². The summed E-state index contributed by atoms with van der Waals surface area (Å²) in [7, 11) is 0. The lowest BCUT2D eigenvalue weighted by Gasteiger charge is -2.26. The summed E-state index contributed by atoms with van der Waals surface area (Å²) >= 11 is 0. The molecule has 0 spiro atoms. The molecule has 0 aliphatic carbocycles. The first-order valence-corrected chi connectivity index (χ1v) is 12.6. The van der Waals surface area contributed by atoms with E-state index in [0.717, 1.165) is 0 Å². The Morgan fingerprint density at radius 2 is 1.10 bits per heavy atom. The summed E-state index contributed by atoms with van der Waals surface area (Å²) in [5.74, 6) is -7.97. The van der Waals surface area contributed by atoms with Gasteiger partial charge in [-0.15, -0.1) is 0 Å². The number of rotatable bonds is 18. The maximum absolute atomic E-state index is 13.0. The number of amides is 4. The van der Waals surface area contributed by atoms with E-state index < -0.39 is 103 Å². The van der Waals surface area contributed by atoms with Crippen LogP contribution in [0.2, 0.25) is 0 Å². The fourth-order valence-electron chi connectivity index (χ4n) is 3.26. The van der Waals surface area contributed by atoms with E-state index in [1.807, 2.05) is 0 Å². The van der Waals surface area contributed by atoms with Crippen LogP contribution in [0.5, 0.6) is 0 Å². The van der Waals surface area contributed by atoms with E-state index in [1.54, 1.807) is 27.7 Å². The third-order valence-corrected chi connectivity index (χ3v) is 6.11. The van der Waals surface area contributed by atoms with Crippen LogP contribution in [0.4, 0.5) is 0 Å². The first-order valence-electron chi connectivity index (χ1n) is 12.6. The number of hydrogen-bond acceptors (Lipinski definition) is 8. The van der Waals surface area contributed by atoms with Crippen LogP contribution in [0.25, 0.3) is 0 Å². The standard InChI is InChI=1S/C24H41N5O10/c1-6-12(4)19(24(38)39)29-22(36)15(8-10-17(32)33)28-21(35)14(7-9-16(30)31)27-20(34)13(5)26-23(37)18(25)11(2)3/h11-15,18-19H,6-10,25H2,1-5H3,(H,26,37)(H,27,34)(H,28,35)(H,29,36)(H,30,31)(H,32,33)(H,38,39). The van der Waals surface area contributed by atoms with Crippen molar-refractivity contribution in [3.8, 4) is 0 Å². The number of carboxylic acid groups (broad SMARTS) is 3. The number of carbonyl (C=O) groups is 7. The Morgan fingerprint density at radius 3 is 1.49 bits per heavy atom. The van der Waals surface area contributed by atoms with E-state index in [9.17, 15) is 38.7 Å². The van der Waals surface area contributed by atoms with Crippen LogP contribution in [0.3, 0.4) is 0 Å². The van der Waals surface area contributed by atoms with Gasteiger partial charge in [-0.2, -0.15) is 0 Å². The molecule has 0 aliphatic rings. The normalized spacial score (nSPS) is 15.6. The maximum atomic E-state index is 13.0. The Hall–Kier alpha value is -3.75. The predicted octanol–water partition coefficient (Wildman–Crippen LogP) is -1.21. The number of carboxylic acids is 3. The van der Waals surface area contributed by atoms with Crippen LogP contribution >= 0.6 is 0 Å². The molecule has 4 amide bonds. The van der Waals surface area contributed by atoms with Crippen molar-refractivity contribution in [3.63, 3.8) is 0 Å². The summed E-state index contributed by atoms with van der Waals surface area (Å²) in [4.78, 5) is 84.6. The van der Waals surface area contributed by atoms with Gasteiger partial charge in [0.1, 0.15) is 24.2 Å². The van der Waals surface area contributed by atoms with Crippen molar-refractivity contribution in [2.45, 2.75) is 96.9 Å². The average molecular weight is 560 g/mol. The molecule has 6 atom stereocenters. The molecule has 15 nitrogen and oxygen atoms in total. The monoisotopic (exact) mass is 559 g/mol. The van der Waals surface area contributed by atoms with Crippen LogP contribution in [0.15, 0.2) is 0 Å². The second-order valence-corrected chi connectivity index (χ2v) is 9.70. The molecule has 0 heterocycles. The molecule has 0 fully saturated rings. The Balaban J connectivity index is 5.76. The molecule has 0 radical (unpaired) electrons. The molecule has 0 aromatic rings. The third kappa shape index (κ3) is 13.0. The third-order valence-electron chi connectivity index (χ3n) is 6.11. The minimum atomic E-state index is -1.50. The first-order chi connectivity index (χ1) is 18.0. The second kappa shape index (κ2) is 17.0. The lowest BCUT2D eigenvalue weighted by molar-refractivity contribution is -0.144. The molecule has 222 valence electrons. The molecule has 0 saturated carbocycles. The summed E-state index contributed by atoms with van der Waals surface area (Å²) in [5, 5.41) is 36.9. The molecule has 0 bridgehead atoms. The van der Waals surface area contributed by atoms with Crippen LogP contribution in [0, 0.1) is 11.8 Å². The fraction of sp³-hybridized carbons (Fsp3) is 0.708. The molecule has 15 heteroatoms. The van der Waals surface area contributed by atoms with E-state index in [-0.39, 0.29) is 5.92 Å². The molecular formula is C24H41N5O10. The molecule has 0 saturated heterocycles. The number of carbonyl (C=O) groups excluding carboxylic acids is 4. The lowest BCUT2D eigenvalue weighted by Crippen LogP contribution is -2.58. The molecular weight excluding hydrogens is 518 g/mol. The van der Waals surface area contributed by atoms with Crippen molar-refractivity contribution in [2.75, 3.05) is 0 Å². The van der Waals surface area contributed by atoms with Gasteiger partial charge in [-0.3, -0.25) is 28.8 Å². The van der Waals surface area contributed by atoms with Crippen LogP contribution in [0.1, 0.15) is 66.7 Å². The zero-order valence-corrected chi connectivity index (χ0v) is 22.9. The van der Waals surface area contributed by atoms with Crippen LogP contribution < -0.4 is 27.0 Å². The highest BCUT2D eigenvalue weighted by Gasteiger charge is 2.32. The van der Waals surface area contributed by atoms with Crippen molar-refractivity contribution in [1.82, 2.24) is 21.3 Å². The quantitative estimate of drug-likeness (QED) is 0.0988. The summed E-state index contributed by atoms with van der Waals surface area (Å²) in [6.45, 7) is 8.05. The first kappa shape index (κ1) is 35.2. The SMILES string of the molecule is CCC(C)C(NC(=O)C(CCC(=O)O)NC(=O)C(CCC(=O)O)NC(=O)C(C)NC(=O)C(N)C(C)C)C(=O)O. The maximum Gasteiger partial charge on any atom is 0.326 e. The van der Waals surface area contributed by atoms with Gasteiger partial charge in [0.25, 0.3) is 0 Å². The molecule has 6 unspecified atom stereocenters. The van der Waals surface area contributed by atoms with Gasteiger partial charge in [0.2, 0.25) is 23.6 Å². The average Bonchev–Trinajstić information content (AvgIpc) is 2.85. The van der Waals surface area contributed by atoms with E-state index >= 15 is 0 Å². The highest BCUT2D eigenvalue weighted by Crippen LogP contribution is 2.10. The molecule has 0 aromatic heterocycles. The topological polar surface area (TPSA) is 254 Å². The Kier molecular flexibility index (Phi) is 15.3. The minimum absolute atomic E-state index is 0.218. The van der Waals surface area contributed by atoms with Gasteiger partial charge >= 0.3 is 17.9 Å². The number of nitrogens with two attached hydrogens (primary N) is 1. The van der Waals surface area contributed by atoms with E-state index in [2.05, 4.69) is 21.3 Å². The Bertz CT molecular complexity index is 910. The van der Waals surface area contributed by atoms with Gasteiger partial charge in [0.15, 0.2) is 0 Å². The number of hydrogen-bond donors (Lipinski definition) is 8. The van der Waals surface area contributed by atoms with Crippen molar-refractivity contribution in [2.24, 2.45) is 17.6 Å². The van der Waals surface area contributed by atoms with Gasteiger partial charge in [-0.05, 0) is 31.6 Å². The lowest BCUT2D eigenvalue weighted by atomic mass is 9.98. The summed E-state index contributed by atoms with van der Waals surface area (Å²) in [6.07, 6.45) is -1.48. The fourth-order valence-corrected chi connectivity index (χ4v) is 3.26. The number of aliphatic carboxylic acids is 3. The molecule has 0 aromatic carbocycles. The second-order valence-electron chi connectivity index (χ2n) is 9.70. The molecule has 39 heavy (non-hydrogen) atoms. The van der Waals surface area contributed by atoms with Crippen molar-refractivity contribution in [3.05, 3.63) is 0 Å². The molecule has 0 rings (SSSR count). The zero-order chi connectivity index (χ0) is 30.4. The highest BCUT2D eigenvalue weighted by atomic mass is 16.4.